The molecular weight excluding hydrogens is 225 g/mol. The molecule has 0 radical (unpaired) electrons. The molecule has 0 spiro atoms. The van der Waals surface area contributed by atoms with E-state index in [0.717, 1.165) is 5.56 Å². The number of hydrogen-bond donors (Lipinski definition) is 0. The van der Waals surface area contributed by atoms with Crippen LogP contribution in [0.1, 0.15) is 0 Å². The number of hydrogen-bond acceptors (Lipinski definition) is 3. The smallest absolute Gasteiger partial charge is 0.162 e. The number of rotatable bonds is 3. The van der Waals surface area contributed by atoms with Crippen molar-refractivity contribution in [3.8, 4) is 11.4 Å². The lowest BCUT2D eigenvalue weighted by Crippen LogP contribution is -2.00. The van der Waals surface area contributed by atoms with Crippen molar-refractivity contribution in [1.82, 2.24) is 14.8 Å². The first-order chi connectivity index (χ1) is 7.72. The Morgan fingerprint density at radius 3 is 2.62 bits per heavy atom. The first kappa shape index (κ1) is 10.8. The molecule has 82 valence electrons. The number of benzene rings is 1. The van der Waals surface area contributed by atoms with Crippen LogP contribution in [0.3, 0.4) is 0 Å². The van der Waals surface area contributed by atoms with Crippen LogP contribution in [0.4, 0.5) is 4.39 Å². The van der Waals surface area contributed by atoms with Crippen LogP contribution >= 0.6 is 0 Å². The second-order valence-corrected chi connectivity index (χ2v) is 3.58. The zero-order valence-corrected chi connectivity index (χ0v) is 9.25. The summed E-state index contributed by atoms with van der Waals surface area (Å²) >= 11 is 5.03. The highest BCUT2D eigenvalue weighted by Gasteiger charge is 2.06. The minimum atomic E-state index is -0.280. The standard InChI is InChI=1S/C11H10FN3S/c1-2-7-15-10(13-14-11(15)16)8-3-5-9(12)6-4-8/h2-6H,1,7H2,(H,14,16)/p-1. The third-order valence-electron chi connectivity index (χ3n) is 2.13. The summed E-state index contributed by atoms with van der Waals surface area (Å²) in [6.07, 6.45) is 1.71. The van der Waals surface area contributed by atoms with Crippen LogP contribution in [-0.2, 0) is 19.2 Å². The van der Waals surface area contributed by atoms with Gasteiger partial charge in [-0.15, -0.1) is 11.7 Å². The van der Waals surface area contributed by atoms with Gasteiger partial charge in [0.25, 0.3) is 0 Å². The Morgan fingerprint density at radius 2 is 2.00 bits per heavy atom. The van der Waals surface area contributed by atoms with E-state index in [-0.39, 0.29) is 5.82 Å². The summed E-state index contributed by atoms with van der Waals surface area (Å²) in [4.78, 5) is 0. The fourth-order valence-corrected chi connectivity index (χ4v) is 1.60. The van der Waals surface area contributed by atoms with E-state index < -0.39 is 0 Å². The minimum Gasteiger partial charge on any atom is -0.740 e. The van der Waals surface area contributed by atoms with Crippen LogP contribution in [-0.4, -0.2) is 14.8 Å². The van der Waals surface area contributed by atoms with Gasteiger partial charge in [-0.1, -0.05) is 6.08 Å². The van der Waals surface area contributed by atoms with Gasteiger partial charge in [-0.25, -0.2) is 4.39 Å². The van der Waals surface area contributed by atoms with Crippen LogP contribution in [0.15, 0.2) is 42.1 Å². The summed E-state index contributed by atoms with van der Waals surface area (Å²) in [7, 11) is 0. The number of allylic oxidation sites excluding steroid dienone is 1. The summed E-state index contributed by atoms with van der Waals surface area (Å²) in [6.45, 7) is 4.18. The Labute approximate surface area is 98.0 Å². The third-order valence-corrected chi connectivity index (χ3v) is 2.43. The highest BCUT2D eigenvalue weighted by molar-refractivity contribution is 7.58. The van der Waals surface area contributed by atoms with Crippen molar-refractivity contribution >= 4 is 12.6 Å². The van der Waals surface area contributed by atoms with E-state index in [9.17, 15) is 4.39 Å². The van der Waals surface area contributed by atoms with Gasteiger partial charge in [-0.2, -0.15) is 5.10 Å². The quantitative estimate of drug-likeness (QED) is 0.602. The van der Waals surface area contributed by atoms with E-state index in [1.807, 2.05) is 0 Å². The second-order valence-electron chi connectivity index (χ2n) is 3.21. The molecule has 0 aliphatic rings. The zero-order valence-electron chi connectivity index (χ0n) is 8.43. The van der Waals surface area contributed by atoms with E-state index in [1.165, 1.54) is 12.1 Å². The van der Waals surface area contributed by atoms with E-state index in [0.29, 0.717) is 17.5 Å². The van der Waals surface area contributed by atoms with Gasteiger partial charge in [0, 0.05) is 17.3 Å². The van der Waals surface area contributed by atoms with Gasteiger partial charge in [0.1, 0.15) is 5.82 Å². The molecule has 0 unspecified atom stereocenters. The van der Waals surface area contributed by atoms with Crippen LogP contribution in [0.2, 0.25) is 0 Å². The Hall–Kier alpha value is -1.75. The fourth-order valence-electron chi connectivity index (χ4n) is 1.39. The average Bonchev–Trinajstić information content (AvgIpc) is 2.63. The Kier molecular flexibility index (Phi) is 2.96. The third kappa shape index (κ3) is 1.94. The molecule has 0 aliphatic heterocycles. The van der Waals surface area contributed by atoms with Crippen molar-refractivity contribution in [3.05, 3.63) is 42.7 Å². The van der Waals surface area contributed by atoms with Crippen molar-refractivity contribution in [2.75, 3.05) is 0 Å². The first-order valence-electron chi connectivity index (χ1n) is 4.69. The van der Waals surface area contributed by atoms with Crippen LogP contribution in [0.5, 0.6) is 0 Å². The van der Waals surface area contributed by atoms with Crippen molar-refractivity contribution in [3.63, 3.8) is 0 Å². The van der Waals surface area contributed by atoms with Gasteiger partial charge in [-0.05, 0) is 24.3 Å². The van der Waals surface area contributed by atoms with Crippen molar-refractivity contribution in [2.45, 2.75) is 11.7 Å². The summed E-state index contributed by atoms with van der Waals surface area (Å²) in [6, 6.07) is 6.05. The monoisotopic (exact) mass is 234 g/mol. The molecule has 0 bridgehead atoms. The largest absolute Gasteiger partial charge is 0.740 e. The molecule has 0 amide bonds. The summed E-state index contributed by atoms with van der Waals surface area (Å²) in [5.41, 5.74) is 0.784. The van der Waals surface area contributed by atoms with Crippen LogP contribution in [0.25, 0.3) is 11.4 Å². The zero-order chi connectivity index (χ0) is 11.5. The molecule has 1 aromatic heterocycles. The first-order valence-corrected chi connectivity index (χ1v) is 5.10. The van der Waals surface area contributed by atoms with E-state index in [1.54, 1.807) is 22.8 Å². The SMILES string of the molecule is C=CCn1c([S-])nnc1-c1ccc(F)cc1. The molecule has 0 saturated heterocycles. The molecule has 1 heterocycles. The Morgan fingerprint density at radius 1 is 1.31 bits per heavy atom. The van der Waals surface area contributed by atoms with Crippen LogP contribution in [0, 0.1) is 5.82 Å². The van der Waals surface area contributed by atoms with Gasteiger partial charge in [0.05, 0.1) is 0 Å². The normalized spacial score (nSPS) is 10.3. The van der Waals surface area contributed by atoms with Gasteiger partial charge in [0.2, 0.25) is 0 Å². The topological polar surface area (TPSA) is 30.7 Å². The predicted octanol–water partition coefficient (Wildman–Crippen LogP) is 2.18. The second kappa shape index (κ2) is 4.40. The molecule has 0 aliphatic carbocycles. The molecule has 1 aromatic carbocycles. The van der Waals surface area contributed by atoms with Gasteiger partial charge < -0.3 is 17.2 Å². The molecule has 0 saturated carbocycles. The molecule has 5 heteroatoms. The molecule has 16 heavy (non-hydrogen) atoms. The molecule has 2 rings (SSSR count). The van der Waals surface area contributed by atoms with E-state index >= 15 is 0 Å². The molecular formula is C11H9FN3S-. The van der Waals surface area contributed by atoms with Crippen molar-refractivity contribution in [1.29, 1.82) is 0 Å². The summed E-state index contributed by atoms with van der Waals surface area (Å²) in [5, 5.41) is 8.20. The number of aromatic nitrogens is 3. The lowest BCUT2D eigenvalue weighted by molar-refractivity contribution is 0.628. The summed E-state index contributed by atoms with van der Waals surface area (Å²) < 4.78 is 14.5. The maximum absolute atomic E-state index is 12.8. The number of nitrogens with zero attached hydrogens (tertiary/aromatic N) is 3. The Bertz CT molecular complexity index is 504. The maximum Gasteiger partial charge on any atom is 0.162 e. The molecule has 3 nitrogen and oxygen atoms in total. The highest BCUT2D eigenvalue weighted by Crippen LogP contribution is 2.18. The average molecular weight is 234 g/mol. The molecule has 0 fully saturated rings. The Balaban J connectivity index is 2.47. The van der Waals surface area contributed by atoms with Crippen LogP contribution < -0.4 is 0 Å². The van der Waals surface area contributed by atoms with Crippen molar-refractivity contribution in [2.24, 2.45) is 0 Å². The highest BCUT2D eigenvalue weighted by atomic mass is 32.1. The summed E-state index contributed by atoms with van der Waals surface area (Å²) in [5.74, 6) is 0.349. The van der Waals surface area contributed by atoms with E-state index in [2.05, 4.69) is 16.8 Å². The van der Waals surface area contributed by atoms with Gasteiger partial charge in [0.15, 0.2) is 5.82 Å². The molecule has 2 aromatic rings. The lowest BCUT2D eigenvalue weighted by atomic mass is 10.2. The number of halogens is 1. The van der Waals surface area contributed by atoms with Gasteiger partial charge in [-0.3, -0.25) is 0 Å². The molecule has 0 N–H and O–H groups in total. The predicted molar refractivity (Wildman–Crippen MR) is 61.2 cm³/mol. The minimum absolute atomic E-state index is 0.280. The lowest BCUT2D eigenvalue weighted by Gasteiger charge is -2.10. The van der Waals surface area contributed by atoms with Crippen molar-refractivity contribution < 1.29 is 4.39 Å². The van der Waals surface area contributed by atoms with E-state index in [4.69, 9.17) is 12.6 Å². The fraction of sp³-hybridized carbons (Fsp3) is 0.0909. The maximum atomic E-state index is 12.8. The molecule has 0 atom stereocenters. The van der Waals surface area contributed by atoms with Gasteiger partial charge >= 0.3 is 0 Å².